The van der Waals surface area contributed by atoms with Crippen molar-refractivity contribution in [2.75, 3.05) is 19.4 Å². The van der Waals surface area contributed by atoms with Gasteiger partial charge in [-0.05, 0) is 23.7 Å². The summed E-state index contributed by atoms with van der Waals surface area (Å²) in [4.78, 5) is 12.1. The molecule has 1 aliphatic heterocycles. The molecule has 2 rings (SSSR count). The zero-order chi connectivity index (χ0) is 18.8. The van der Waals surface area contributed by atoms with Gasteiger partial charge >= 0.3 is 5.97 Å². The second-order valence-corrected chi connectivity index (χ2v) is 15.0. The number of hydrogen-bond donors (Lipinski definition) is 0. The van der Waals surface area contributed by atoms with Gasteiger partial charge in [-0.2, -0.15) is 4.31 Å². The molecule has 0 spiro atoms. The zero-order valence-electron chi connectivity index (χ0n) is 15.0. The number of halogens is 1. The van der Waals surface area contributed by atoms with Crippen molar-refractivity contribution in [3.8, 4) is 0 Å². The molecule has 138 valence electrons. The Hall–Kier alpha value is -1.51. The monoisotopic (exact) mass is 385 g/mol. The smallest absolute Gasteiger partial charge is 0.335 e. The topological polar surface area (TPSA) is 63.7 Å². The summed E-state index contributed by atoms with van der Waals surface area (Å²) in [5, 5.41) is 0. The Morgan fingerprint density at radius 3 is 2.60 bits per heavy atom. The molecular formula is C17H24FNO4SSi. The Labute approximate surface area is 149 Å². The van der Waals surface area contributed by atoms with E-state index in [-0.39, 0.29) is 17.9 Å². The minimum absolute atomic E-state index is 0.0246. The van der Waals surface area contributed by atoms with Crippen LogP contribution in [0.15, 0.2) is 35.9 Å². The van der Waals surface area contributed by atoms with Crippen LogP contribution in [0.4, 0.5) is 4.39 Å². The van der Waals surface area contributed by atoms with Crippen molar-refractivity contribution in [3.63, 3.8) is 0 Å². The van der Waals surface area contributed by atoms with Gasteiger partial charge in [-0.15, -0.1) is 0 Å². The fraction of sp³-hybridized carbons (Fsp3) is 0.471. The van der Waals surface area contributed by atoms with E-state index in [0.29, 0.717) is 11.6 Å². The third kappa shape index (κ3) is 4.77. The molecule has 0 amide bonds. The number of carbonyl (C=O) groups excluding carboxylic acids is 1. The third-order valence-corrected chi connectivity index (χ3v) is 8.03. The first-order valence-electron chi connectivity index (χ1n) is 8.08. The summed E-state index contributed by atoms with van der Waals surface area (Å²) in [6.45, 7) is 6.40. The van der Waals surface area contributed by atoms with Crippen molar-refractivity contribution in [2.24, 2.45) is 0 Å². The second kappa shape index (κ2) is 7.39. The van der Waals surface area contributed by atoms with E-state index in [1.807, 2.05) is 0 Å². The molecule has 0 radical (unpaired) electrons. The number of methoxy groups -OCH3 is 1. The second-order valence-electron chi connectivity index (χ2n) is 7.30. The Kier molecular flexibility index (Phi) is 5.85. The lowest BCUT2D eigenvalue weighted by molar-refractivity contribution is -0.136. The van der Waals surface area contributed by atoms with Crippen LogP contribution in [0.5, 0.6) is 0 Å². The van der Waals surface area contributed by atoms with E-state index in [9.17, 15) is 17.6 Å². The summed E-state index contributed by atoms with van der Waals surface area (Å²) in [6.07, 6.45) is 1.55. The number of sulfonamides is 1. The van der Waals surface area contributed by atoms with Gasteiger partial charge in [0.25, 0.3) is 0 Å². The summed E-state index contributed by atoms with van der Waals surface area (Å²) in [7, 11) is -3.90. The summed E-state index contributed by atoms with van der Waals surface area (Å²) < 4.78 is 45.5. The van der Waals surface area contributed by atoms with Gasteiger partial charge < -0.3 is 4.74 Å². The van der Waals surface area contributed by atoms with Crippen molar-refractivity contribution in [1.29, 1.82) is 0 Å². The molecule has 0 bridgehead atoms. The maximum Gasteiger partial charge on any atom is 0.335 e. The van der Waals surface area contributed by atoms with Gasteiger partial charge in [0, 0.05) is 14.6 Å². The lowest BCUT2D eigenvalue weighted by Gasteiger charge is -2.27. The lowest BCUT2D eigenvalue weighted by atomic mass is 10.0. The predicted octanol–water partition coefficient (Wildman–Crippen LogP) is 2.95. The van der Waals surface area contributed by atoms with Gasteiger partial charge in [-0.1, -0.05) is 37.8 Å². The van der Waals surface area contributed by atoms with Crippen LogP contribution in [0.25, 0.3) is 0 Å². The van der Waals surface area contributed by atoms with E-state index in [1.165, 1.54) is 29.6 Å². The largest absolute Gasteiger partial charge is 0.466 e. The first-order valence-corrected chi connectivity index (χ1v) is 13.4. The van der Waals surface area contributed by atoms with Gasteiger partial charge in [0.05, 0.1) is 24.5 Å². The van der Waals surface area contributed by atoms with Crippen molar-refractivity contribution in [3.05, 3.63) is 47.3 Å². The molecule has 0 aromatic heterocycles. The molecule has 1 unspecified atom stereocenters. The molecule has 1 aliphatic rings. The lowest BCUT2D eigenvalue weighted by Crippen LogP contribution is -2.37. The van der Waals surface area contributed by atoms with Crippen LogP contribution in [-0.2, 0) is 19.6 Å². The predicted molar refractivity (Wildman–Crippen MR) is 97.9 cm³/mol. The molecule has 1 atom stereocenters. The minimum atomic E-state index is -3.59. The molecule has 0 fully saturated rings. The first-order chi connectivity index (χ1) is 11.5. The Morgan fingerprint density at radius 1 is 1.36 bits per heavy atom. The normalized spacial score (nSPS) is 18.9. The number of benzene rings is 1. The Morgan fingerprint density at radius 2 is 2.04 bits per heavy atom. The molecule has 0 aliphatic carbocycles. The standard InChI is InChI=1S/C17H24FNO4SSi/c1-23-17(20)15-8-9-19(24(21,22)10-11-25(2,3)4)16(15)13-6-5-7-14(18)12-13/h5-8,12,16H,9-11H2,1-4H3. The van der Waals surface area contributed by atoms with E-state index in [0.717, 1.165) is 0 Å². The van der Waals surface area contributed by atoms with Crippen molar-refractivity contribution < 1.29 is 22.3 Å². The van der Waals surface area contributed by atoms with E-state index >= 15 is 0 Å². The van der Waals surface area contributed by atoms with Gasteiger partial charge in [-0.3, -0.25) is 0 Å². The fourth-order valence-electron chi connectivity index (χ4n) is 2.72. The maximum absolute atomic E-state index is 13.7. The minimum Gasteiger partial charge on any atom is -0.466 e. The van der Waals surface area contributed by atoms with Gasteiger partial charge in [-0.25, -0.2) is 17.6 Å². The molecule has 5 nitrogen and oxygen atoms in total. The van der Waals surface area contributed by atoms with Crippen molar-refractivity contribution in [2.45, 2.75) is 31.7 Å². The molecule has 0 N–H and O–H groups in total. The van der Waals surface area contributed by atoms with E-state index < -0.39 is 35.9 Å². The SMILES string of the molecule is COC(=O)C1=CCN(S(=O)(=O)CC[Si](C)(C)C)C1c1cccc(F)c1. The quantitative estimate of drug-likeness (QED) is 0.558. The van der Waals surface area contributed by atoms with Crippen LogP contribution < -0.4 is 0 Å². The van der Waals surface area contributed by atoms with E-state index in [1.54, 1.807) is 12.1 Å². The fourth-order valence-corrected chi connectivity index (χ4v) is 7.30. The Bertz CT molecular complexity index is 786. The molecule has 0 saturated carbocycles. The molecule has 1 heterocycles. The molecular weight excluding hydrogens is 361 g/mol. The van der Waals surface area contributed by atoms with E-state index in [4.69, 9.17) is 4.74 Å². The van der Waals surface area contributed by atoms with Crippen LogP contribution in [0.1, 0.15) is 11.6 Å². The average Bonchev–Trinajstić information content (AvgIpc) is 2.97. The van der Waals surface area contributed by atoms with Gasteiger partial charge in [0.15, 0.2) is 0 Å². The van der Waals surface area contributed by atoms with Crippen LogP contribution in [0.2, 0.25) is 25.7 Å². The summed E-state index contributed by atoms with van der Waals surface area (Å²) in [5.74, 6) is -1.05. The highest BCUT2D eigenvalue weighted by Crippen LogP contribution is 2.37. The molecule has 0 saturated heterocycles. The van der Waals surface area contributed by atoms with E-state index in [2.05, 4.69) is 19.6 Å². The number of carbonyl (C=O) groups is 1. The summed E-state index contributed by atoms with van der Waals surface area (Å²) >= 11 is 0. The van der Waals surface area contributed by atoms with Gasteiger partial charge in [0.2, 0.25) is 10.0 Å². The van der Waals surface area contributed by atoms with Crippen molar-refractivity contribution in [1.82, 2.24) is 4.31 Å². The first kappa shape index (κ1) is 19.8. The average molecular weight is 386 g/mol. The number of hydrogen-bond acceptors (Lipinski definition) is 4. The van der Waals surface area contributed by atoms with Crippen LogP contribution in [-0.4, -0.2) is 46.2 Å². The Balaban J connectivity index is 2.39. The highest BCUT2D eigenvalue weighted by molar-refractivity contribution is 7.89. The number of rotatable bonds is 6. The van der Waals surface area contributed by atoms with Crippen LogP contribution in [0.3, 0.4) is 0 Å². The number of nitrogens with zero attached hydrogens (tertiary/aromatic N) is 1. The number of ether oxygens (including phenoxy) is 1. The highest BCUT2D eigenvalue weighted by atomic mass is 32.2. The zero-order valence-corrected chi connectivity index (χ0v) is 16.8. The maximum atomic E-state index is 13.7. The summed E-state index contributed by atoms with van der Waals surface area (Å²) in [5.41, 5.74) is 0.649. The van der Waals surface area contributed by atoms with Crippen molar-refractivity contribution >= 4 is 24.1 Å². The molecule has 8 heteroatoms. The van der Waals surface area contributed by atoms with Crippen LogP contribution in [0, 0.1) is 5.82 Å². The third-order valence-electron chi connectivity index (χ3n) is 4.13. The van der Waals surface area contributed by atoms with Crippen LogP contribution >= 0.6 is 0 Å². The molecule has 25 heavy (non-hydrogen) atoms. The number of esters is 1. The van der Waals surface area contributed by atoms with Gasteiger partial charge in [0.1, 0.15) is 5.82 Å². The highest BCUT2D eigenvalue weighted by Gasteiger charge is 2.40. The molecule has 1 aromatic rings. The molecule has 1 aromatic carbocycles. The summed E-state index contributed by atoms with van der Waals surface area (Å²) in [6, 6.07) is 5.43.